The van der Waals surface area contributed by atoms with Crippen molar-refractivity contribution >= 4 is 0 Å². The Bertz CT molecular complexity index is 1110. The Balaban J connectivity index is 1.41. The topological polar surface area (TPSA) is 78.9 Å². The molecule has 0 N–H and O–H groups in total. The summed E-state index contributed by atoms with van der Waals surface area (Å²) in [5.41, 5.74) is 5.88. The molecule has 28 heavy (non-hydrogen) atoms. The molecule has 1 atom stereocenters. The van der Waals surface area contributed by atoms with Gasteiger partial charge in [-0.25, -0.2) is 4.68 Å². The maximum atomic E-state index is 6.07. The Morgan fingerprint density at radius 3 is 2.43 bits per heavy atom. The Labute approximate surface area is 162 Å². The Morgan fingerprint density at radius 1 is 0.964 bits per heavy atom. The number of nitrogens with zero attached hydrogens (tertiary/aromatic N) is 5. The van der Waals surface area contributed by atoms with Crippen molar-refractivity contribution in [3.05, 3.63) is 70.9 Å². The highest BCUT2D eigenvalue weighted by molar-refractivity contribution is 5.58. The second kappa shape index (κ2) is 6.69. The van der Waals surface area contributed by atoms with Crippen LogP contribution in [0.2, 0.25) is 0 Å². The molecule has 0 bridgehead atoms. The van der Waals surface area contributed by atoms with Gasteiger partial charge in [-0.2, -0.15) is 4.98 Å². The first-order valence-corrected chi connectivity index (χ1v) is 9.19. The molecule has 0 unspecified atom stereocenters. The van der Waals surface area contributed by atoms with Crippen LogP contribution < -0.4 is 0 Å². The monoisotopic (exact) mass is 373 g/mol. The molecule has 0 spiro atoms. The van der Waals surface area contributed by atoms with E-state index in [0.29, 0.717) is 30.6 Å². The van der Waals surface area contributed by atoms with Gasteiger partial charge in [0.25, 0.3) is 5.89 Å². The number of aromatic nitrogens is 5. The van der Waals surface area contributed by atoms with Crippen molar-refractivity contribution in [2.45, 2.75) is 33.1 Å². The number of benzene rings is 2. The summed E-state index contributed by atoms with van der Waals surface area (Å²) in [7, 11) is 0. The summed E-state index contributed by atoms with van der Waals surface area (Å²) < 4.78 is 13.4. The van der Waals surface area contributed by atoms with E-state index in [-0.39, 0.29) is 6.10 Å². The number of hydrogen-bond acceptors (Lipinski definition) is 6. The van der Waals surface area contributed by atoms with Gasteiger partial charge in [-0.05, 0) is 31.5 Å². The molecule has 0 amide bonds. The van der Waals surface area contributed by atoms with E-state index in [1.165, 1.54) is 11.1 Å². The van der Waals surface area contributed by atoms with Gasteiger partial charge < -0.3 is 9.26 Å². The number of aryl methyl sites for hydroxylation is 2. The van der Waals surface area contributed by atoms with Crippen LogP contribution in [0.15, 0.2) is 53.1 Å². The molecular formula is C21H19N5O2. The first-order valence-electron chi connectivity index (χ1n) is 9.19. The first kappa shape index (κ1) is 16.8. The van der Waals surface area contributed by atoms with Crippen LogP contribution in [0.4, 0.5) is 0 Å². The molecule has 1 aliphatic heterocycles. The van der Waals surface area contributed by atoms with E-state index in [1.807, 2.05) is 35.9 Å². The molecule has 0 saturated heterocycles. The van der Waals surface area contributed by atoms with E-state index >= 15 is 0 Å². The number of hydrogen-bond donors (Lipinski definition) is 0. The molecule has 3 heterocycles. The smallest absolute Gasteiger partial charge is 0.258 e. The molecule has 7 nitrogen and oxygen atoms in total. The lowest BCUT2D eigenvalue weighted by Crippen LogP contribution is -2.22. The molecule has 0 radical (unpaired) electrons. The zero-order chi connectivity index (χ0) is 19.1. The minimum atomic E-state index is -0.0453. The molecule has 4 aromatic rings. The third-order valence-corrected chi connectivity index (χ3v) is 4.98. The minimum Gasteiger partial charge on any atom is -0.365 e. The van der Waals surface area contributed by atoms with Crippen LogP contribution in [0.3, 0.4) is 0 Å². The fraction of sp³-hybridized carbons (Fsp3) is 0.238. The lowest BCUT2D eigenvalue weighted by molar-refractivity contribution is -0.00112. The summed E-state index contributed by atoms with van der Waals surface area (Å²) >= 11 is 0. The van der Waals surface area contributed by atoms with E-state index in [2.05, 4.69) is 51.6 Å². The van der Waals surface area contributed by atoms with Crippen LogP contribution in [0.25, 0.3) is 23.0 Å². The molecule has 1 aliphatic rings. The second-order valence-electron chi connectivity index (χ2n) is 7.07. The van der Waals surface area contributed by atoms with Crippen LogP contribution in [0, 0.1) is 13.8 Å². The third-order valence-electron chi connectivity index (χ3n) is 4.98. The van der Waals surface area contributed by atoms with Gasteiger partial charge in [0.05, 0.1) is 18.8 Å². The van der Waals surface area contributed by atoms with Crippen molar-refractivity contribution in [3.63, 3.8) is 0 Å². The van der Waals surface area contributed by atoms with Crippen molar-refractivity contribution in [3.8, 4) is 23.0 Å². The third kappa shape index (κ3) is 2.99. The summed E-state index contributed by atoms with van der Waals surface area (Å²) in [6, 6.07) is 16.3. The van der Waals surface area contributed by atoms with Crippen LogP contribution in [-0.2, 0) is 17.9 Å². The average molecular weight is 373 g/mol. The van der Waals surface area contributed by atoms with Crippen molar-refractivity contribution in [1.29, 1.82) is 0 Å². The van der Waals surface area contributed by atoms with Gasteiger partial charge in [-0.1, -0.05) is 57.9 Å². The fourth-order valence-electron chi connectivity index (χ4n) is 3.30. The lowest BCUT2D eigenvalue weighted by Gasteiger charge is -2.24. The fourth-order valence-corrected chi connectivity index (χ4v) is 3.30. The molecule has 0 aliphatic carbocycles. The molecule has 2 aromatic carbocycles. The minimum absolute atomic E-state index is 0.0453. The first-order chi connectivity index (χ1) is 13.7. The Morgan fingerprint density at radius 2 is 1.68 bits per heavy atom. The van der Waals surface area contributed by atoms with Gasteiger partial charge in [-0.3, -0.25) is 0 Å². The number of fused-ring (bicyclic) bond motifs is 1. The predicted molar refractivity (Wildman–Crippen MR) is 102 cm³/mol. The van der Waals surface area contributed by atoms with Gasteiger partial charge in [0.15, 0.2) is 5.69 Å². The second-order valence-corrected chi connectivity index (χ2v) is 7.07. The molecule has 5 rings (SSSR count). The Kier molecular flexibility index (Phi) is 4.02. The standard InChI is InChI=1S/C21H19N5O2/c1-13-3-7-15(8-4-13)18-11-26-17(12-27-18)19(23-25-26)20-22-21(28-24-20)16-9-5-14(2)6-10-16/h3-10,18H,11-12H2,1-2H3/t18-/m1/s1. The maximum Gasteiger partial charge on any atom is 0.258 e. The number of rotatable bonds is 3. The highest BCUT2D eigenvalue weighted by atomic mass is 16.5. The van der Waals surface area contributed by atoms with Crippen LogP contribution in [0.1, 0.15) is 28.5 Å². The van der Waals surface area contributed by atoms with Gasteiger partial charge in [-0.15, -0.1) is 5.10 Å². The summed E-state index contributed by atoms with van der Waals surface area (Å²) in [5.74, 6) is 0.889. The van der Waals surface area contributed by atoms with E-state index in [1.54, 1.807) is 0 Å². The number of ether oxygens (including phenoxy) is 1. The zero-order valence-corrected chi connectivity index (χ0v) is 15.7. The highest BCUT2D eigenvalue weighted by Crippen LogP contribution is 2.30. The van der Waals surface area contributed by atoms with Gasteiger partial charge in [0, 0.05) is 5.56 Å². The SMILES string of the molecule is Cc1ccc(-c2nc(-c3nnn4c3CO[C@@H](c3ccc(C)cc3)C4)no2)cc1. The van der Waals surface area contributed by atoms with E-state index in [9.17, 15) is 0 Å². The summed E-state index contributed by atoms with van der Waals surface area (Å²) in [4.78, 5) is 4.50. The van der Waals surface area contributed by atoms with E-state index in [4.69, 9.17) is 9.26 Å². The van der Waals surface area contributed by atoms with Gasteiger partial charge in [0.2, 0.25) is 5.82 Å². The predicted octanol–water partition coefficient (Wildman–Crippen LogP) is 3.88. The quantitative estimate of drug-likeness (QED) is 0.542. The summed E-state index contributed by atoms with van der Waals surface area (Å²) in [5, 5.41) is 12.7. The average Bonchev–Trinajstić information content (AvgIpc) is 3.35. The van der Waals surface area contributed by atoms with Crippen molar-refractivity contribution in [1.82, 2.24) is 25.1 Å². The van der Waals surface area contributed by atoms with Crippen molar-refractivity contribution in [2.24, 2.45) is 0 Å². The molecule has 0 saturated carbocycles. The Hall–Kier alpha value is -3.32. The molecule has 2 aromatic heterocycles. The summed E-state index contributed by atoms with van der Waals surface area (Å²) in [6.45, 7) is 5.11. The van der Waals surface area contributed by atoms with Gasteiger partial charge >= 0.3 is 0 Å². The molecule has 0 fully saturated rings. The normalized spacial score (nSPS) is 16.1. The van der Waals surface area contributed by atoms with Gasteiger partial charge in [0.1, 0.15) is 6.10 Å². The van der Waals surface area contributed by atoms with Crippen LogP contribution in [-0.4, -0.2) is 25.1 Å². The summed E-state index contributed by atoms with van der Waals surface area (Å²) in [6.07, 6.45) is -0.0453. The van der Waals surface area contributed by atoms with Crippen LogP contribution in [0.5, 0.6) is 0 Å². The van der Waals surface area contributed by atoms with Crippen molar-refractivity contribution in [2.75, 3.05) is 0 Å². The highest BCUT2D eigenvalue weighted by Gasteiger charge is 2.27. The molecular weight excluding hydrogens is 354 g/mol. The maximum absolute atomic E-state index is 6.07. The van der Waals surface area contributed by atoms with E-state index < -0.39 is 0 Å². The lowest BCUT2D eigenvalue weighted by atomic mass is 10.1. The van der Waals surface area contributed by atoms with Crippen molar-refractivity contribution < 1.29 is 9.26 Å². The zero-order valence-electron chi connectivity index (χ0n) is 15.7. The van der Waals surface area contributed by atoms with E-state index in [0.717, 1.165) is 16.8 Å². The molecule has 7 heteroatoms. The molecule has 140 valence electrons. The van der Waals surface area contributed by atoms with Crippen LogP contribution >= 0.6 is 0 Å². The largest absolute Gasteiger partial charge is 0.365 e.